The highest BCUT2D eigenvalue weighted by Gasteiger charge is 2.03. The summed E-state index contributed by atoms with van der Waals surface area (Å²) in [7, 11) is 0. The maximum absolute atomic E-state index is 9.33. The van der Waals surface area contributed by atoms with Crippen molar-refractivity contribution < 1.29 is 5.11 Å². The molecule has 0 amide bonds. The monoisotopic (exact) mass is 196 g/mol. The second kappa shape index (κ2) is 4.56. The number of aromatic hydroxyl groups is 1. The van der Waals surface area contributed by atoms with E-state index in [1.54, 1.807) is 0 Å². The summed E-state index contributed by atoms with van der Waals surface area (Å²) in [5.41, 5.74) is 3.71. The van der Waals surface area contributed by atoms with Gasteiger partial charge in [-0.3, -0.25) is 0 Å². The van der Waals surface area contributed by atoms with E-state index in [4.69, 9.17) is 0 Å². The number of thiol groups is 1. The molecule has 0 atom stereocenters. The van der Waals surface area contributed by atoms with Crippen LogP contribution in [0.15, 0.2) is 12.1 Å². The number of rotatable bonds is 3. The van der Waals surface area contributed by atoms with Crippen molar-refractivity contribution in [1.29, 1.82) is 0 Å². The predicted molar refractivity (Wildman–Crippen MR) is 59.8 cm³/mol. The molecule has 0 aromatic heterocycles. The molecule has 1 aromatic rings. The number of hydrogen-bond donors (Lipinski definition) is 2. The molecular weight excluding hydrogens is 180 g/mol. The van der Waals surface area contributed by atoms with E-state index in [9.17, 15) is 5.11 Å². The van der Waals surface area contributed by atoms with Crippen LogP contribution in [0.5, 0.6) is 5.75 Å². The number of hydrogen-bond acceptors (Lipinski definition) is 2. The van der Waals surface area contributed by atoms with Gasteiger partial charge in [0, 0.05) is 0 Å². The Morgan fingerprint density at radius 1 is 1.23 bits per heavy atom. The first-order chi connectivity index (χ1) is 6.15. The van der Waals surface area contributed by atoms with Crippen molar-refractivity contribution >= 4 is 12.6 Å². The molecule has 13 heavy (non-hydrogen) atoms. The van der Waals surface area contributed by atoms with Crippen LogP contribution >= 0.6 is 12.6 Å². The number of phenols is 1. The molecule has 0 aliphatic carbocycles. The molecule has 2 heteroatoms. The van der Waals surface area contributed by atoms with Gasteiger partial charge in [-0.05, 0) is 61.3 Å². The average molecular weight is 196 g/mol. The standard InChI is InChI=1S/C11H16OS/c1-8-6-10(12)7-9(2)11(8)4-3-5-13/h6-7,12-13H,3-5H2,1-2H3. The van der Waals surface area contributed by atoms with Crippen molar-refractivity contribution in [2.75, 3.05) is 5.75 Å². The highest BCUT2D eigenvalue weighted by Crippen LogP contribution is 2.21. The van der Waals surface area contributed by atoms with Crippen LogP contribution in [-0.4, -0.2) is 10.9 Å². The van der Waals surface area contributed by atoms with Gasteiger partial charge in [0.1, 0.15) is 5.75 Å². The molecule has 0 saturated heterocycles. The second-order valence-corrected chi connectivity index (χ2v) is 3.83. The van der Waals surface area contributed by atoms with E-state index in [-0.39, 0.29) is 0 Å². The summed E-state index contributed by atoms with van der Waals surface area (Å²) in [6, 6.07) is 3.64. The molecule has 0 spiro atoms. The fourth-order valence-electron chi connectivity index (χ4n) is 1.62. The highest BCUT2D eigenvalue weighted by atomic mass is 32.1. The molecule has 0 aliphatic rings. The van der Waals surface area contributed by atoms with Crippen molar-refractivity contribution in [3.63, 3.8) is 0 Å². The largest absolute Gasteiger partial charge is 0.508 e. The molecule has 0 unspecified atom stereocenters. The van der Waals surface area contributed by atoms with E-state index >= 15 is 0 Å². The van der Waals surface area contributed by atoms with Crippen LogP contribution in [0.25, 0.3) is 0 Å². The van der Waals surface area contributed by atoms with Gasteiger partial charge >= 0.3 is 0 Å². The predicted octanol–water partition coefficient (Wildman–Crippen LogP) is 2.87. The van der Waals surface area contributed by atoms with Crippen molar-refractivity contribution in [3.05, 3.63) is 28.8 Å². The first-order valence-electron chi connectivity index (χ1n) is 4.55. The fourth-order valence-corrected chi connectivity index (χ4v) is 1.78. The summed E-state index contributed by atoms with van der Waals surface area (Å²) >= 11 is 4.19. The SMILES string of the molecule is Cc1cc(O)cc(C)c1CCCS. The number of benzene rings is 1. The Kier molecular flexibility index (Phi) is 3.67. The van der Waals surface area contributed by atoms with Crippen molar-refractivity contribution in [1.82, 2.24) is 0 Å². The Balaban J connectivity index is 2.92. The van der Waals surface area contributed by atoms with Crippen LogP contribution in [-0.2, 0) is 6.42 Å². The lowest BCUT2D eigenvalue weighted by atomic mass is 9.98. The molecule has 0 aliphatic heterocycles. The Labute approximate surface area is 85.2 Å². The smallest absolute Gasteiger partial charge is 0.116 e. The van der Waals surface area contributed by atoms with E-state index in [1.165, 1.54) is 16.7 Å². The summed E-state index contributed by atoms with van der Waals surface area (Å²) in [6.45, 7) is 4.08. The Bertz CT molecular complexity index is 271. The molecular formula is C11H16OS. The molecule has 0 saturated carbocycles. The van der Waals surface area contributed by atoms with Crippen molar-refractivity contribution in [3.8, 4) is 5.75 Å². The maximum atomic E-state index is 9.33. The third-order valence-electron chi connectivity index (χ3n) is 2.27. The third-order valence-corrected chi connectivity index (χ3v) is 2.58. The maximum Gasteiger partial charge on any atom is 0.116 e. The van der Waals surface area contributed by atoms with Gasteiger partial charge in [0.15, 0.2) is 0 Å². The van der Waals surface area contributed by atoms with E-state index < -0.39 is 0 Å². The van der Waals surface area contributed by atoms with Crippen molar-refractivity contribution in [2.45, 2.75) is 26.7 Å². The van der Waals surface area contributed by atoms with E-state index in [1.807, 2.05) is 26.0 Å². The molecule has 1 aromatic carbocycles. The second-order valence-electron chi connectivity index (χ2n) is 3.39. The zero-order valence-corrected chi connectivity index (χ0v) is 9.06. The van der Waals surface area contributed by atoms with Crippen LogP contribution in [0.1, 0.15) is 23.1 Å². The minimum atomic E-state index is 0.365. The van der Waals surface area contributed by atoms with Crippen LogP contribution in [0, 0.1) is 13.8 Å². The number of aryl methyl sites for hydroxylation is 2. The first kappa shape index (κ1) is 10.5. The van der Waals surface area contributed by atoms with Gasteiger partial charge in [0.25, 0.3) is 0 Å². The van der Waals surface area contributed by atoms with E-state index in [2.05, 4.69) is 12.6 Å². The molecule has 72 valence electrons. The molecule has 1 N–H and O–H groups in total. The van der Waals surface area contributed by atoms with Gasteiger partial charge in [-0.1, -0.05) is 0 Å². The topological polar surface area (TPSA) is 20.2 Å². The zero-order chi connectivity index (χ0) is 9.84. The summed E-state index contributed by atoms with van der Waals surface area (Å²) in [5, 5.41) is 9.33. The lowest BCUT2D eigenvalue weighted by Gasteiger charge is -2.09. The quantitative estimate of drug-likeness (QED) is 0.712. The molecule has 0 heterocycles. The van der Waals surface area contributed by atoms with Gasteiger partial charge < -0.3 is 5.11 Å². The van der Waals surface area contributed by atoms with E-state index in [0.29, 0.717) is 5.75 Å². The third kappa shape index (κ3) is 2.66. The summed E-state index contributed by atoms with van der Waals surface area (Å²) in [6.07, 6.45) is 2.15. The highest BCUT2D eigenvalue weighted by molar-refractivity contribution is 7.80. The minimum absolute atomic E-state index is 0.365. The van der Waals surface area contributed by atoms with Gasteiger partial charge in [-0.2, -0.15) is 12.6 Å². The Hall–Kier alpha value is -0.630. The van der Waals surface area contributed by atoms with Gasteiger partial charge in [0.2, 0.25) is 0 Å². The van der Waals surface area contributed by atoms with Gasteiger partial charge in [-0.15, -0.1) is 0 Å². The van der Waals surface area contributed by atoms with E-state index in [0.717, 1.165) is 18.6 Å². The zero-order valence-electron chi connectivity index (χ0n) is 8.17. The van der Waals surface area contributed by atoms with Crippen LogP contribution in [0.4, 0.5) is 0 Å². The van der Waals surface area contributed by atoms with Crippen LogP contribution in [0.2, 0.25) is 0 Å². The molecule has 0 radical (unpaired) electrons. The molecule has 1 rings (SSSR count). The first-order valence-corrected chi connectivity index (χ1v) is 5.18. The lowest BCUT2D eigenvalue weighted by Crippen LogP contribution is -1.94. The summed E-state index contributed by atoms with van der Waals surface area (Å²) in [4.78, 5) is 0. The normalized spacial score (nSPS) is 10.4. The summed E-state index contributed by atoms with van der Waals surface area (Å²) < 4.78 is 0. The minimum Gasteiger partial charge on any atom is -0.508 e. The Morgan fingerprint density at radius 2 is 1.77 bits per heavy atom. The number of phenolic OH excluding ortho intramolecular Hbond substituents is 1. The van der Waals surface area contributed by atoms with Crippen LogP contribution < -0.4 is 0 Å². The lowest BCUT2D eigenvalue weighted by molar-refractivity contribution is 0.474. The summed E-state index contributed by atoms with van der Waals surface area (Å²) in [5.74, 6) is 1.28. The average Bonchev–Trinajstić information content (AvgIpc) is 2.02. The fraction of sp³-hybridized carbons (Fsp3) is 0.455. The van der Waals surface area contributed by atoms with Crippen molar-refractivity contribution in [2.24, 2.45) is 0 Å². The van der Waals surface area contributed by atoms with Crippen LogP contribution in [0.3, 0.4) is 0 Å². The molecule has 0 bridgehead atoms. The molecule has 1 nitrogen and oxygen atoms in total. The van der Waals surface area contributed by atoms with Gasteiger partial charge in [0.05, 0.1) is 0 Å². The molecule has 0 fully saturated rings. The Morgan fingerprint density at radius 3 is 2.23 bits per heavy atom. The van der Waals surface area contributed by atoms with Gasteiger partial charge in [-0.25, -0.2) is 0 Å².